The van der Waals surface area contributed by atoms with Gasteiger partial charge in [0.1, 0.15) is 0 Å². The van der Waals surface area contributed by atoms with Crippen LogP contribution in [-0.4, -0.2) is 6.88 Å². The Kier molecular flexibility index (Phi) is 12.2. The Bertz CT molecular complexity index is 2570. The van der Waals surface area contributed by atoms with Crippen molar-refractivity contribution in [2.24, 2.45) is 0 Å². The molecule has 0 saturated heterocycles. The van der Waals surface area contributed by atoms with Crippen LogP contribution in [0.2, 0.25) is 0 Å². The quantitative estimate of drug-likeness (QED) is 0.125. The van der Waals surface area contributed by atoms with Gasteiger partial charge in [-0.15, -0.1) is 68.6 Å². The van der Waals surface area contributed by atoms with E-state index in [1.165, 1.54) is 116 Å². The first-order valence-electron chi connectivity index (χ1n) is 16.7. The van der Waals surface area contributed by atoms with E-state index in [1.54, 1.807) is 0 Å². The summed E-state index contributed by atoms with van der Waals surface area (Å²) in [6.45, 7) is 9.57. The molecule has 2 radical (unpaired) electrons. The van der Waals surface area contributed by atoms with Crippen molar-refractivity contribution in [3.63, 3.8) is 0 Å². The summed E-state index contributed by atoms with van der Waals surface area (Å²) >= 11 is 1.36. The van der Waals surface area contributed by atoms with Gasteiger partial charge in [0.05, 0.1) is 0 Å². The summed E-state index contributed by atoms with van der Waals surface area (Å²) in [4.78, 5) is 0. The van der Waals surface area contributed by atoms with Crippen LogP contribution in [0, 0.1) is 35.6 Å². The molecule has 0 atom stereocenters. The first kappa shape index (κ1) is 37.6. The second-order valence-electron chi connectivity index (χ2n) is 12.8. The Balaban J connectivity index is 0.000000185. The van der Waals surface area contributed by atoms with Gasteiger partial charge in [-0.25, -0.2) is 0 Å². The Morgan fingerprint density at radius 1 is 0.451 bits per heavy atom. The van der Waals surface area contributed by atoms with Gasteiger partial charge in [0.25, 0.3) is 0 Å². The van der Waals surface area contributed by atoms with Crippen molar-refractivity contribution in [1.82, 2.24) is 0 Å². The van der Waals surface area contributed by atoms with Gasteiger partial charge in [0, 0.05) is 0 Å². The summed E-state index contributed by atoms with van der Waals surface area (Å²) in [6, 6.07) is 59.4. The molecule has 9 aromatic carbocycles. The van der Waals surface area contributed by atoms with Crippen LogP contribution in [0.5, 0.6) is 0 Å². The summed E-state index contributed by atoms with van der Waals surface area (Å²) in [7, 11) is 0. The van der Waals surface area contributed by atoms with Crippen LogP contribution in [0.25, 0.3) is 76.5 Å². The van der Waals surface area contributed by atoms with Gasteiger partial charge in [-0.1, -0.05) is 163 Å². The number of benzene rings is 7. The van der Waals surface area contributed by atoms with Crippen LogP contribution in [0.15, 0.2) is 164 Å². The van der Waals surface area contributed by atoms with Crippen molar-refractivity contribution in [2.75, 3.05) is 0 Å². The van der Waals surface area contributed by atoms with Gasteiger partial charge in [-0.3, -0.25) is 0 Å². The molecule has 0 spiro atoms. The second kappa shape index (κ2) is 16.6. The molecular weight excluding hydrogens is 708 g/mol. The average Bonchev–Trinajstić information content (AvgIpc) is 3.77. The molecule has 0 fully saturated rings. The summed E-state index contributed by atoms with van der Waals surface area (Å²) in [5.74, 6) is 0. The number of hydrogen-bond donors (Lipinski definition) is 0. The molecule has 0 bridgehead atoms. The zero-order valence-electron chi connectivity index (χ0n) is 30.1. The van der Waals surface area contributed by atoms with Crippen LogP contribution in [-0.2, 0) is 23.3 Å². The minimum absolute atomic E-state index is 0. The van der Waals surface area contributed by atoms with Crippen LogP contribution in [0.4, 0.5) is 0 Å². The van der Waals surface area contributed by atoms with Gasteiger partial charge in [0.15, 0.2) is 0 Å². The number of fused-ring (bicyclic) bond motifs is 4. The molecule has 0 aliphatic heterocycles. The van der Waals surface area contributed by atoms with E-state index in [9.17, 15) is 0 Å². The van der Waals surface area contributed by atoms with E-state index in [-0.39, 0.29) is 14.9 Å². The van der Waals surface area contributed by atoms with Crippen LogP contribution < -0.4 is 0 Å². The van der Waals surface area contributed by atoms with E-state index in [1.807, 2.05) is 0 Å². The average molecular weight is 750 g/mol. The van der Waals surface area contributed by atoms with Crippen LogP contribution in [0.3, 0.4) is 0 Å². The number of aryl methyl sites for hydroxylation is 3. The fraction of sp³-hybridized carbons (Fsp3) is 0.0612. The number of hydrogen-bond acceptors (Lipinski definition) is 0. The third-order valence-electron chi connectivity index (χ3n) is 9.51. The Hall–Kier alpha value is -4.62. The molecular formula is C49H42SiZr-4. The fourth-order valence-corrected chi connectivity index (χ4v) is 7.21. The van der Waals surface area contributed by atoms with E-state index in [0.29, 0.717) is 0 Å². The molecule has 9 aromatic rings. The van der Waals surface area contributed by atoms with E-state index in [4.69, 9.17) is 0 Å². The molecule has 0 nitrogen and oxygen atoms in total. The maximum atomic E-state index is 3.06. The Morgan fingerprint density at radius 2 is 0.980 bits per heavy atom. The molecule has 2 heteroatoms. The summed E-state index contributed by atoms with van der Waals surface area (Å²) in [6.07, 6.45) is 0. The standard InChI is InChI=1S/C26H19.C21H17.2CH3.Si.Zr/c1-18-7-4-10-20(15-18)22-16-21-11-6-14-25(26(21)17-22)24-13-5-9-19-8-2-3-12-23(19)24;1-14-12-20-15(2)10-11-19(21(20)13-14)18-9-5-7-16-6-3-4-8-17(16)18;;;;/h2-17H,1H3;3-13H,1-2H3;2*1H3;;/q4*-1;;. The Morgan fingerprint density at radius 3 is 1.61 bits per heavy atom. The molecule has 0 N–H and O–H groups in total. The van der Waals surface area contributed by atoms with Crippen LogP contribution in [0.1, 0.15) is 16.7 Å². The maximum absolute atomic E-state index is 3.06. The SMILES string of the molecule is Cc1cc2c(-c3cccc4ccccc34)ccc(C)c2[cH-]1.Cc1cccc(-c2cc3c(-c4cccc5ccccc45)cccc3[cH-]2)c1.[CH3-].[CH3-].[Si]=[Zr]. The zero-order valence-corrected chi connectivity index (χ0v) is 33.5. The third kappa shape index (κ3) is 7.55. The molecule has 250 valence electrons. The molecule has 0 aromatic heterocycles. The summed E-state index contributed by atoms with van der Waals surface area (Å²) < 4.78 is 0. The van der Waals surface area contributed by atoms with Gasteiger partial charge < -0.3 is 14.9 Å². The first-order chi connectivity index (χ1) is 24.0. The van der Waals surface area contributed by atoms with Crippen molar-refractivity contribution < 1.29 is 23.3 Å². The van der Waals surface area contributed by atoms with E-state index >= 15 is 0 Å². The predicted molar refractivity (Wildman–Crippen MR) is 223 cm³/mol. The minimum atomic E-state index is 0. The van der Waals surface area contributed by atoms with E-state index < -0.39 is 0 Å². The van der Waals surface area contributed by atoms with Gasteiger partial charge in [-0.05, 0) is 39.6 Å². The molecule has 0 heterocycles. The molecule has 9 rings (SSSR count). The van der Waals surface area contributed by atoms with Crippen molar-refractivity contribution in [3.8, 4) is 33.4 Å². The molecule has 0 amide bonds. The normalized spacial score (nSPS) is 10.5. The van der Waals surface area contributed by atoms with Crippen molar-refractivity contribution in [1.29, 1.82) is 0 Å². The number of rotatable bonds is 3. The molecule has 51 heavy (non-hydrogen) atoms. The van der Waals surface area contributed by atoms with E-state index in [0.717, 1.165) is 0 Å². The van der Waals surface area contributed by atoms with Gasteiger partial charge in [0.2, 0.25) is 0 Å². The predicted octanol–water partition coefficient (Wildman–Crippen LogP) is 13.9. The Labute approximate surface area is 320 Å². The molecule has 0 aliphatic rings. The fourth-order valence-electron chi connectivity index (χ4n) is 7.21. The summed E-state index contributed by atoms with van der Waals surface area (Å²) in [5, 5.41) is 10.6. The summed E-state index contributed by atoms with van der Waals surface area (Å²) in [5.41, 5.74) is 11.8. The first-order valence-corrected chi connectivity index (χ1v) is 20.9. The zero-order chi connectivity index (χ0) is 33.9. The van der Waals surface area contributed by atoms with Crippen LogP contribution >= 0.6 is 0 Å². The monoisotopic (exact) mass is 748 g/mol. The molecule has 0 unspecified atom stereocenters. The third-order valence-corrected chi connectivity index (χ3v) is 9.51. The van der Waals surface area contributed by atoms with E-state index in [2.05, 4.69) is 191 Å². The topological polar surface area (TPSA) is 0 Å². The second-order valence-corrected chi connectivity index (χ2v) is 12.8. The van der Waals surface area contributed by atoms with Gasteiger partial charge in [-0.2, -0.15) is 6.07 Å². The van der Waals surface area contributed by atoms with Crippen molar-refractivity contribution >= 4 is 50.0 Å². The van der Waals surface area contributed by atoms with Crippen molar-refractivity contribution in [2.45, 2.75) is 20.8 Å². The molecule has 0 aliphatic carbocycles. The van der Waals surface area contributed by atoms with Crippen molar-refractivity contribution in [3.05, 3.63) is 195 Å². The molecule has 0 saturated carbocycles. The van der Waals surface area contributed by atoms with Gasteiger partial charge >= 0.3 is 30.2 Å².